The smallest absolute Gasteiger partial charge is 0.191 e. The Kier molecular flexibility index (Phi) is 6.29. The van der Waals surface area contributed by atoms with Gasteiger partial charge in [0.05, 0.1) is 5.02 Å². The van der Waals surface area contributed by atoms with Crippen LogP contribution in [-0.2, 0) is 19.4 Å². The summed E-state index contributed by atoms with van der Waals surface area (Å²) in [6.07, 6.45) is 0. The van der Waals surface area contributed by atoms with Gasteiger partial charge in [-0.2, -0.15) is 0 Å². The van der Waals surface area contributed by atoms with Crippen LogP contribution in [0.2, 0.25) is 15.1 Å². The van der Waals surface area contributed by atoms with Crippen molar-refractivity contribution in [2.24, 2.45) is 7.05 Å². The van der Waals surface area contributed by atoms with Crippen LogP contribution in [0.4, 0.5) is 4.39 Å². The van der Waals surface area contributed by atoms with Gasteiger partial charge in [-0.3, -0.25) is 0 Å². The first-order valence-corrected chi connectivity index (χ1v) is 9.59. The molecule has 0 atom stereocenters. The van der Waals surface area contributed by atoms with Gasteiger partial charge < -0.3 is 9.30 Å². The molecule has 4 nitrogen and oxygen atoms in total. The first-order chi connectivity index (χ1) is 12.5. The van der Waals surface area contributed by atoms with Gasteiger partial charge in [0.25, 0.3) is 0 Å². The fourth-order valence-electron chi connectivity index (χ4n) is 2.13. The Morgan fingerprint density at radius 2 is 1.92 bits per heavy atom. The Balaban J connectivity index is 1.67. The normalized spacial score (nSPS) is 11.0. The predicted octanol–water partition coefficient (Wildman–Crippen LogP) is 5.79. The summed E-state index contributed by atoms with van der Waals surface area (Å²) in [7, 11) is 1.81. The summed E-state index contributed by atoms with van der Waals surface area (Å²) in [6, 6.07) is 9.59. The first-order valence-electron chi connectivity index (χ1n) is 7.47. The van der Waals surface area contributed by atoms with Gasteiger partial charge in [-0.05, 0) is 24.3 Å². The fourth-order valence-corrected chi connectivity index (χ4v) is 3.74. The molecule has 3 rings (SSSR count). The highest BCUT2D eigenvalue weighted by Gasteiger charge is 2.14. The van der Waals surface area contributed by atoms with Crippen molar-refractivity contribution in [3.63, 3.8) is 0 Å². The third kappa shape index (κ3) is 4.43. The zero-order valence-corrected chi connectivity index (χ0v) is 16.6. The minimum atomic E-state index is -0.341. The lowest BCUT2D eigenvalue weighted by Crippen LogP contribution is -2.04. The van der Waals surface area contributed by atoms with Gasteiger partial charge in [0.1, 0.15) is 18.2 Å². The summed E-state index contributed by atoms with van der Waals surface area (Å²) in [5, 5.41) is 10.2. The molecule has 0 fully saturated rings. The van der Waals surface area contributed by atoms with Crippen LogP contribution in [0.1, 0.15) is 11.4 Å². The summed E-state index contributed by atoms with van der Waals surface area (Å²) >= 11 is 19.4. The van der Waals surface area contributed by atoms with Crippen LogP contribution in [0.5, 0.6) is 5.75 Å². The number of hydrogen-bond donors (Lipinski definition) is 0. The molecule has 26 heavy (non-hydrogen) atoms. The molecule has 136 valence electrons. The summed E-state index contributed by atoms with van der Waals surface area (Å²) in [5.74, 6) is 1.07. The zero-order chi connectivity index (χ0) is 18.7. The van der Waals surface area contributed by atoms with E-state index in [0.717, 1.165) is 0 Å². The van der Waals surface area contributed by atoms with Gasteiger partial charge in [0.15, 0.2) is 11.0 Å². The molecule has 0 bridgehead atoms. The third-order valence-electron chi connectivity index (χ3n) is 3.58. The number of ether oxygens (including phenoxy) is 1. The largest absolute Gasteiger partial charge is 0.484 e. The van der Waals surface area contributed by atoms with Crippen molar-refractivity contribution in [3.8, 4) is 5.75 Å². The predicted molar refractivity (Wildman–Crippen MR) is 103 cm³/mol. The van der Waals surface area contributed by atoms with E-state index < -0.39 is 0 Å². The van der Waals surface area contributed by atoms with Crippen molar-refractivity contribution in [2.75, 3.05) is 0 Å². The fraction of sp³-hybridized carbons (Fsp3) is 0.176. The topological polar surface area (TPSA) is 39.9 Å². The second kappa shape index (κ2) is 8.48. The molecule has 0 aliphatic carbocycles. The van der Waals surface area contributed by atoms with Crippen LogP contribution >= 0.6 is 46.6 Å². The van der Waals surface area contributed by atoms with Crippen LogP contribution in [-0.4, -0.2) is 14.8 Å². The van der Waals surface area contributed by atoms with Crippen molar-refractivity contribution >= 4 is 46.6 Å². The number of rotatable bonds is 6. The van der Waals surface area contributed by atoms with E-state index in [2.05, 4.69) is 10.2 Å². The van der Waals surface area contributed by atoms with Crippen molar-refractivity contribution in [3.05, 3.63) is 68.7 Å². The number of nitrogens with zero attached hydrogens (tertiary/aromatic N) is 3. The number of thioether (sulfide) groups is 1. The summed E-state index contributed by atoms with van der Waals surface area (Å²) in [4.78, 5) is 0. The van der Waals surface area contributed by atoms with Gasteiger partial charge in [-0.1, -0.05) is 52.6 Å². The quantitative estimate of drug-likeness (QED) is 0.463. The molecule has 0 aliphatic heterocycles. The van der Waals surface area contributed by atoms with Crippen LogP contribution in [0.15, 0.2) is 41.6 Å². The summed E-state index contributed by atoms with van der Waals surface area (Å²) < 4.78 is 21.3. The van der Waals surface area contributed by atoms with E-state index in [9.17, 15) is 4.39 Å². The lowest BCUT2D eigenvalue weighted by Gasteiger charge is -2.09. The average molecular weight is 433 g/mol. The van der Waals surface area contributed by atoms with E-state index in [4.69, 9.17) is 39.5 Å². The Morgan fingerprint density at radius 1 is 1.12 bits per heavy atom. The minimum Gasteiger partial charge on any atom is -0.484 e. The maximum Gasteiger partial charge on any atom is 0.191 e. The molecule has 9 heteroatoms. The molecule has 2 aromatic carbocycles. The van der Waals surface area contributed by atoms with Gasteiger partial charge in [0.2, 0.25) is 0 Å². The lowest BCUT2D eigenvalue weighted by molar-refractivity contribution is 0.290. The molecule has 1 aromatic heterocycles. The van der Waals surface area contributed by atoms with Crippen LogP contribution in [0, 0.1) is 5.82 Å². The average Bonchev–Trinajstić information content (AvgIpc) is 2.95. The molecule has 0 radical (unpaired) electrons. The Morgan fingerprint density at radius 3 is 2.69 bits per heavy atom. The van der Waals surface area contributed by atoms with Gasteiger partial charge in [0, 0.05) is 34.5 Å². The molecule has 1 heterocycles. The van der Waals surface area contributed by atoms with E-state index >= 15 is 0 Å². The minimum absolute atomic E-state index is 0.171. The number of halogens is 4. The Labute approximate surface area is 169 Å². The van der Waals surface area contributed by atoms with Crippen LogP contribution in [0.3, 0.4) is 0 Å². The van der Waals surface area contributed by atoms with E-state index in [0.29, 0.717) is 43.1 Å². The summed E-state index contributed by atoms with van der Waals surface area (Å²) in [5.41, 5.74) is 0.436. The molecule has 0 unspecified atom stereocenters. The van der Waals surface area contributed by atoms with Crippen molar-refractivity contribution in [1.29, 1.82) is 0 Å². The Hall–Kier alpha value is -1.47. The molecule has 0 aliphatic rings. The van der Waals surface area contributed by atoms with E-state index in [1.807, 2.05) is 7.05 Å². The van der Waals surface area contributed by atoms with E-state index in [-0.39, 0.29) is 12.4 Å². The molecule has 0 spiro atoms. The van der Waals surface area contributed by atoms with Gasteiger partial charge in [-0.25, -0.2) is 4.39 Å². The molecular weight excluding hydrogens is 420 g/mol. The molecule has 0 N–H and O–H groups in total. The maximum absolute atomic E-state index is 13.9. The van der Waals surface area contributed by atoms with E-state index in [1.165, 1.54) is 17.8 Å². The molecule has 0 saturated carbocycles. The third-order valence-corrected chi connectivity index (χ3v) is 5.53. The standard InChI is InChI=1S/C17H13Cl3FN3OS/c1-24-16(8-25-15-7-10(18)5-6-13(15)20)22-23-17(24)26-9-11-12(19)3-2-4-14(11)21/h2-7H,8-9H2,1H3. The maximum atomic E-state index is 13.9. The van der Waals surface area contributed by atoms with Crippen LogP contribution < -0.4 is 4.74 Å². The second-order valence-corrected chi connectivity index (χ2v) is 7.50. The second-order valence-electron chi connectivity index (χ2n) is 5.31. The van der Waals surface area contributed by atoms with E-state index in [1.54, 1.807) is 34.9 Å². The molecular formula is C17H13Cl3FN3OS. The number of hydrogen-bond acceptors (Lipinski definition) is 4. The Bertz CT molecular complexity index is 915. The highest BCUT2D eigenvalue weighted by molar-refractivity contribution is 7.98. The molecule has 0 saturated heterocycles. The SMILES string of the molecule is Cn1c(COc2cc(Cl)ccc2Cl)nnc1SCc1c(F)cccc1Cl. The van der Waals surface area contributed by atoms with Crippen molar-refractivity contribution in [2.45, 2.75) is 17.5 Å². The van der Waals surface area contributed by atoms with Crippen molar-refractivity contribution < 1.29 is 9.13 Å². The monoisotopic (exact) mass is 431 g/mol. The van der Waals surface area contributed by atoms with Gasteiger partial charge in [-0.15, -0.1) is 10.2 Å². The highest BCUT2D eigenvalue weighted by atomic mass is 35.5. The molecule has 0 amide bonds. The van der Waals surface area contributed by atoms with Crippen LogP contribution in [0.25, 0.3) is 0 Å². The summed E-state index contributed by atoms with van der Waals surface area (Å²) in [6.45, 7) is 0.171. The highest BCUT2D eigenvalue weighted by Crippen LogP contribution is 2.30. The number of benzene rings is 2. The van der Waals surface area contributed by atoms with Gasteiger partial charge >= 0.3 is 0 Å². The first kappa shape index (κ1) is 19.3. The number of aromatic nitrogens is 3. The lowest BCUT2D eigenvalue weighted by atomic mass is 10.2. The van der Waals surface area contributed by atoms with Crippen molar-refractivity contribution in [1.82, 2.24) is 14.8 Å². The zero-order valence-electron chi connectivity index (χ0n) is 13.5. The molecule has 3 aromatic rings.